The van der Waals surface area contributed by atoms with Crippen molar-refractivity contribution in [1.82, 2.24) is 19.2 Å². The molecule has 0 radical (unpaired) electrons. The van der Waals surface area contributed by atoms with Crippen molar-refractivity contribution in [2.45, 2.75) is 19.5 Å². The summed E-state index contributed by atoms with van der Waals surface area (Å²) in [5.41, 5.74) is 3.03. The number of para-hydroxylation sites is 1. The van der Waals surface area contributed by atoms with Crippen LogP contribution < -0.4 is 0 Å². The molecule has 26 heavy (non-hydrogen) atoms. The van der Waals surface area contributed by atoms with Crippen molar-refractivity contribution < 1.29 is 4.79 Å². The summed E-state index contributed by atoms with van der Waals surface area (Å²) in [6.45, 7) is 1.15. The lowest BCUT2D eigenvalue weighted by molar-refractivity contribution is -0.125. The lowest BCUT2D eigenvalue weighted by atomic mass is 10.1. The summed E-state index contributed by atoms with van der Waals surface area (Å²) in [5.74, 6) is -0.0669. The third kappa shape index (κ3) is 3.83. The van der Waals surface area contributed by atoms with Gasteiger partial charge in [0.2, 0.25) is 5.91 Å². The number of rotatable bonds is 6. The Morgan fingerprint density at radius 3 is 2.88 bits per heavy atom. The smallest absolute Gasteiger partial charge is 0.246 e. The Hall–Kier alpha value is -3.33. The quantitative estimate of drug-likeness (QED) is 0.644. The Kier molecular flexibility index (Phi) is 5.18. The second-order valence-electron chi connectivity index (χ2n) is 6.25. The van der Waals surface area contributed by atoms with Crippen LogP contribution in [0.25, 0.3) is 17.0 Å². The first-order valence-electron chi connectivity index (χ1n) is 8.44. The van der Waals surface area contributed by atoms with Crippen molar-refractivity contribution >= 4 is 22.9 Å². The van der Waals surface area contributed by atoms with Gasteiger partial charge in [-0.1, -0.05) is 18.2 Å². The molecule has 6 heteroatoms. The minimum Gasteiger partial charge on any atom is -0.346 e. The zero-order chi connectivity index (χ0) is 18.5. The summed E-state index contributed by atoms with van der Waals surface area (Å²) in [6, 6.07) is 10.2. The van der Waals surface area contributed by atoms with Gasteiger partial charge in [0.1, 0.15) is 0 Å². The highest BCUT2D eigenvalue weighted by Crippen LogP contribution is 2.23. The fourth-order valence-electron chi connectivity index (χ4n) is 2.96. The van der Waals surface area contributed by atoms with E-state index in [4.69, 9.17) is 5.26 Å². The van der Waals surface area contributed by atoms with E-state index in [0.29, 0.717) is 19.5 Å². The predicted octanol–water partition coefficient (Wildman–Crippen LogP) is 2.96. The summed E-state index contributed by atoms with van der Waals surface area (Å²) < 4.78 is 3.78. The average molecular weight is 347 g/mol. The van der Waals surface area contributed by atoms with Gasteiger partial charge < -0.3 is 9.47 Å². The third-order valence-electron chi connectivity index (χ3n) is 4.24. The van der Waals surface area contributed by atoms with Crippen LogP contribution in [0.3, 0.4) is 0 Å². The normalized spacial score (nSPS) is 11.1. The number of nitriles is 1. The van der Waals surface area contributed by atoms with Gasteiger partial charge in [0.15, 0.2) is 0 Å². The Labute approximate surface area is 152 Å². The van der Waals surface area contributed by atoms with Crippen LogP contribution in [0.5, 0.6) is 0 Å². The summed E-state index contributed by atoms with van der Waals surface area (Å²) in [5, 5.41) is 14.0. The van der Waals surface area contributed by atoms with E-state index in [0.717, 1.165) is 22.0 Å². The van der Waals surface area contributed by atoms with Gasteiger partial charge in [-0.05, 0) is 12.1 Å². The molecule has 0 bridgehead atoms. The lowest BCUT2D eigenvalue weighted by Crippen LogP contribution is -2.23. The largest absolute Gasteiger partial charge is 0.346 e. The fraction of sp³-hybridized carbons (Fsp3) is 0.250. The first-order valence-corrected chi connectivity index (χ1v) is 8.44. The van der Waals surface area contributed by atoms with Gasteiger partial charge in [-0.15, -0.1) is 0 Å². The topological polar surface area (TPSA) is 66.8 Å². The van der Waals surface area contributed by atoms with E-state index in [9.17, 15) is 4.79 Å². The van der Waals surface area contributed by atoms with E-state index in [2.05, 4.69) is 15.7 Å². The van der Waals surface area contributed by atoms with E-state index in [1.54, 1.807) is 28.9 Å². The molecule has 0 saturated heterocycles. The van der Waals surface area contributed by atoms with Gasteiger partial charge in [0, 0.05) is 67.7 Å². The van der Waals surface area contributed by atoms with Crippen molar-refractivity contribution in [1.29, 1.82) is 5.26 Å². The van der Waals surface area contributed by atoms with Crippen molar-refractivity contribution in [3.05, 3.63) is 60.1 Å². The molecule has 0 unspecified atom stereocenters. The lowest BCUT2D eigenvalue weighted by Gasteiger charge is -2.13. The van der Waals surface area contributed by atoms with Crippen LogP contribution in [0.2, 0.25) is 0 Å². The van der Waals surface area contributed by atoms with Gasteiger partial charge in [0.05, 0.1) is 18.7 Å². The molecule has 3 rings (SSSR count). The molecule has 2 heterocycles. The third-order valence-corrected chi connectivity index (χ3v) is 4.24. The van der Waals surface area contributed by atoms with Gasteiger partial charge in [-0.3, -0.25) is 9.48 Å². The second kappa shape index (κ2) is 7.70. The maximum absolute atomic E-state index is 12.4. The zero-order valence-corrected chi connectivity index (χ0v) is 15.0. The Morgan fingerprint density at radius 2 is 2.15 bits per heavy atom. The Morgan fingerprint density at radius 1 is 1.35 bits per heavy atom. The van der Waals surface area contributed by atoms with Gasteiger partial charge >= 0.3 is 0 Å². The monoisotopic (exact) mass is 347 g/mol. The molecule has 0 fully saturated rings. The molecule has 0 atom stereocenters. The maximum Gasteiger partial charge on any atom is 0.246 e. The fourth-order valence-corrected chi connectivity index (χ4v) is 2.96. The maximum atomic E-state index is 12.4. The van der Waals surface area contributed by atoms with E-state index >= 15 is 0 Å². The van der Waals surface area contributed by atoms with Crippen LogP contribution >= 0.6 is 0 Å². The number of carbonyl (C=O) groups excluding carboxylic acids is 1. The minimum atomic E-state index is -0.0669. The zero-order valence-electron chi connectivity index (χ0n) is 15.0. The molecular formula is C20H21N5O. The molecule has 0 aliphatic rings. The van der Waals surface area contributed by atoms with Crippen molar-refractivity contribution in [2.24, 2.45) is 7.05 Å². The van der Waals surface area contributed by atoms with E-state index in [1.165, 1.54) is 0 Å². The van der Waals surface area contributed by atoms with Crippen LogP contribution in [0, 0.1) is 11.3 Å². The minimum absolute atomic E-state index is 0.0669. The van der Waals surface area contributed by atoms with Crippen LogP contribution in [0.15, 0.2) is 48.9 Å². The van der Waals surface area contributed by atoms with Crippen molar-refractivity contribution in [2.75, 3.05) is 7.05 Å². The highest BCUT2D eigenvalue weighted by molar-refractivity contribution is 5.96. The molecule has 0 saturated carbocycles. The highest BCUT2D eigenvalue weighted by atomic mass is 16.2. The number of carbonyl (C=O) groups is 1. The van der Waals surface area contributed by atoms with Crippen molar-refractivity contribution in [3.8, 4) is 6.07 Å². The summed E-state index contributed by atoms with van der Waals surface area (Å²) in [7, 11) is 3.63. The highest BCUT2D eigenvalue weighted by Gasteiger charge is 2.09. The Balaban J connectivity index is 1.77. The molecule has 0 N–H and O–H groups in total. The number of benzene rings is 1. The number of amides is 1. The second-order valence-corrected chi connectivity index (χ2v) is 6.25. The molecule has 2 aromatic heterocycles. The molecular weight excluding hydrogens is 326 g/mol. The van der Waals surface area contributed by atoms with Gasteiger partial charge in [0.25, 0.3) is 0 Å². The standard InChI is InChI=1S/C20H21N5O/c1-23(13-16-12-22-24(2)14-16)20(26)9-8-17-15-25(11-5-10-21)19-7-4-3-6-18(17)19/h3-4,6-9,12,14-15H,5,11,13H2,1-2H3/b9-8-. The summed E-state index contributed by atoms with van der Waals surface area (Å²) in [4.78, 5) is 14.1. The van der Waals surface area contributed by atoms with Gasteiger partial charge in [-0.25, -0.2) is 0 Å². The number of hydrogen-bond acceptors (Lipinski definition) is 3. The van der Waals surface area contributed by atoms with Crippen LogP contribution in [0.4, 0.5) is 0 Å². The molecule has 1 amide bonds. The molecule has 1 aromatic carbocycles. The number of aromatic nitrogens is 3. The number of fused-ring (bicyclic) bond motifs is 1. The molecule has 0 aliphatic heterocycles. The first kappa shape index (κ1) is 17.5. The van der Waals surface area contributed by atoms with E-state index in [1.807, 2.05) is 49.8 Å². The average Bonchev–Trinajstić information content (AvgIpc) is 3.21. The summed E-state index contributed by atoms with van der Waals surface area (Å²) in [6.07, 6.45) is 9.54. The molecule has 0 spiro atoms. The molecule has 6 nitrogen and oxygen atoms in total. The molecule has 132 valence electrons. The first-order chi connectivity index (χ1) is 12.6. The van der Waals surface area contributed by atoms with E-state index < -0.39 is 0 Å². The van der Waals surface area contributed by atoms with Crippen LogP contribution in [0.1, 0.15) is 17.5 Å². The SMILES string of the molecule is CN(Cc1cnn(C)c1)C(=O)/C=C\c1cn(CCC#N)c2ccccc12. The van der Waals surface area contributed by atoms with Crippen LogP contribution in [-0.2, 0) is 24.9 Å². The number of aryl methyl sites for hydroxylation is 2. The number of nitrogens with zero attached hydrogens (tertiary/aromatic N) is 5. The molecule has 3 aromatic rings. The van der Waals surface area contributed by atoms with Crippen LogP contribution in [-0.4, -0.2) is 32.2 Å². The van der Waals surface area contributed by atoms with Crippen molar-refractivity contribution in [3.63, 3.8) is 0 Å². The summed E-state index contributed by atoms with van der Waals surface area (Å²) >= 11 is 0. The predicted molar refractivity (Wildman–Crippen MR) is 101 cm³/mol. The number of likely N-dealkylation sites (N-methyl/N-ethyl adjacent to an activating group) is 1. The number of hydrogen-bond donors (Lipinski definition) is 0. The van der Waals surface area contributed by atoms with Gasteiger partial charge in [-0.2, -0.15) is 10.4 Å². The molecule has 0 aliphatic carbocycles. The van der Waals surface area contributed by atoms with E-state index in [-0.39, 0.29) is 5.91 Å². The Bertz CT molecular complexity index is 989.